The number of hydrogen-bond donors (Lipinski definition) is 0. The van der Waals surface area contributed by atoms with E-state index in [0.717, 1.165) is 12.3 Å². The van der Waals surface area contributed by atoms with E-state index in [4.69, 9.17) is 16.3 Å². The van der Waals surface area contributed by atoms with Crippen molar-refractivity contribution in [3.05, 3.63) is 39.9 Å². The van der Waals surface area contributed by atoms with Gasteiger partial charge < -0.3 is 14.4 Å². The van der Waals surface area contributed by atoms with Crippen LogP contribution < -0.4 is 0 Å². The van der Waals surface area contributed by atoms with Gasteiger partial charge in [0, 0.05) is 12.8 Å². The second kappa shape index (κ2) is 9.44. The molecule has 0 spiro atoms. The normalized spacial score (nSPS) is 15.8. The number of amides is 1. The summed E-state index contributed by atoms with van der Waals surface area (Å²) in [6, 6.07) is 3.85. The van der Waals surface area contributed by atoms with Crippen molar-refractivity contribution in [2.24, 2.45) is 0 Å². The molecule has 8 nitrogen and oxygen atoms in total. The summed E-state index contributed by atoms with van der Waals surface area (Å²) in [4.78, 5) is 36.7. The number of esters is 2. The molecule has 1 aliphatic rings. The Morgan fingerprint density at radius 1 is 1.36 bits per heavy atom. The summed E-state index contributed by atoms with van der Waals surface area (Å²) in [5.41, 5.74) is 0.0592. The first-order chi connectivity index (χ1) is 13.1. The van der Waals surface area contributed by atoms with Gasteiger partial charge in [-0.05, 0) is 24.6 Å². The fourth-order valence-electron chi connectivity index (χ4n) is 2.31. The van der Waals surface area contributed by atoms with E-state index < -0.39 is 21.8 Å². The molecule has 0 saturated carbocycles. The van der Waals surface area contributed by atoms with Gasteiger partial charge in [0.1, 0.15) is 0 Å². The Kier molecular flexibility index (Phi) is 7.50. The molecule has 1 saturated heterocycles. The van der Waals surface area contributed by atoms with Crippen LogP contribution in [-0.4, -0.2) is 63.4 Å². The molecule has 0 bridgehead atoms. The van der Waals surface area contributed by atoms with Crippen LogP contribution in [-0.2, 0) is 28.9 Å². The number of hydrogen-bond acceptors (Lipinski definition) is 8. The van der Waals surface area contributed by atoms with E-state index in [1.807, 2.05) is 0 Å². The summed E-state index contributed by atoms with van der Waals surface area (Å²) in [6.07, 6.45) is 2.57. The number of benzene rings is 1. The second-order valence-corrected chi connectivity index (χ2v) is 9.13. The van der Waals surface area contributed by atoms with Crippen LogP contribution in [0.4, 0.5) is 0 Å². The topological polar surface area (TPSA) is 107 Å². The SMILES string of the molecule is COC(=O)/C=C1/SCC(=O)N1CCCOC(=O)c1ccc(Cl)c(S(C)(=O)=O)c1. The maximum atomic E-state index is 12.1. The van der Waals surface area contributed by atoms with Crippen LogP contribution >= 0.6 is 23.4 Å². The molecule has 1 heterocycles. The van der Waals surface area contributed by atoms with E-state index >= 15 is 0 Å². The maximum absolute atomic E-state index is 12.1. The molecule has 11 heteroatoms. The van der Waals surface area contributed by atoms with Crippen LogP contribution in [0.3, 0.4) is 0 Å². The predicted octanol–water partition coefficient (Wildman–Crippen LogP) is 1.88. The molecule has 1 aromatic rings. The molecule has 2 rings (SSSR count). The number of thioether (sulfide) groups is 1. The Bertz CT molecular complexity index is 927. The zero-order chi connectivity index (χ0) is 20.9. The first-order valence-corrected chi connectivity index (χ1v) is 11.3. The van der Waals surface area contributed by atoms with Gasteiger partial charge in [0.15, 0.2) is 9.84 Å². The van der Waals surface area contributed by atoms with Gasteiger partial charge in [0.2, 0.25) is 5.91 Å². The summed E-state index contributed by atoms with van der Waals surface area (Å²) in [5, 5.41) is 0.507. The zero-order valence-electron chi connectivity index (χ0n) is 15.1. The summed E-state index contributed by atoms with van der Waals surface area (Å²) >= 11 is 7.08. The number of carbonyl (C=O) groups is 3. The van der Waals surface area contributed by atoms with Crippen molar-refractivity contribution in [3.63, 3.8) is 0 Å². The smallest absolute Gasteiger partial charge is 0.338 e. The average Bonchev–Trinajstić information content (AvgIpc) is 2.97. The van der Waals surface area contributed by atoms with Crippen molar-refractivity contribution in [2.75, 3.05) is 32.3 Å². The highest BCUT2D eigenvalue weighted by Gasteiger charge is 2.27. The van der Waals surface area contributed by atoms with Gasteiger partial charge in [-0.3, -0.25) is 4.79 Å². The maximum Gasteiger partial charge on any atom is 0.338 e. The molecule has 1 fully saturated rings. The lowest BCUT2D eigenvalue weighted by molar-refractivity contribution is -0.134. The lowest BCUT2D eigenvalue weighted by Gasteiger charge is -2.16. The van der Waals surface area contributed by atoms with E-state index in [1.165, 1.54) is 42.0 Å². The molecule has 0 N–H and O–H groups in total. The minimum Gasteiger partial charge on any atom is -0.466 e. The number of methoxy groups -OCH3 is 1. The van der Waals surface area contributed by atoms with Crippen LogP contribution in [0.5, 0.6) is 0 Å². The molecule has 1 aliphatic heterocycles. The van der Waals surface area contributed by atoms with Gasteiger partial charge in [0.05, 0.1) is 46.1 Å². The minimum atomic E-state index is -3.58. The Labute approximate surface area is 171 Å². The largest absolute Gasteiger partial charge is 0.466 e. The first kappa shape index (κ1) is 22.3. The monoisotopic (exact) mass is 447 g/mol. The Morgan fingerprint density at radius 2 is 2.07 bits per heavy atom. The number of halogens is 1. The van der Waals surface area contributed by atoms with Crippen molar-refractivity contribution in [1.82, 2.24) is 4.90 Å². The Morgan fingerprint density at radius 3 is 2.71 bits per heavy atom. The van der Waals surface area contributed by atoms with E-state index in [9.17, 15) is 22.8 Å². The van der Waals surface area contributed by atoms with E-state index in [0.29, 0.717) is 11.4 Å². The van der Waals surface area contributed by atoms with Gasteiger partial charge in [-0.1, -0.05) is 23.4 Å². The number of ether oxygens (including phenoxy) is 2. The summed E-state index contributed by atoms with van der Waals surface area (Å²) in [7, 11) is -2.33. The first-order valence-electron chi connectivity index (χ1n) is 8.03. The van der Waals surface area contributed by atoms with Gasteiger partial charge >= 0.3 is 11.9 Å². The molecular formula is C17H18ClNO7S2. The number of rotatable bonds is 7. The van der Waals surface area contributed by atoms with Crippen LogP contribution in [0.2, 0.25) is 5.02 Å². The van der Waals surface area contributed by atoms with Crippen molar-refractivity contribution < 1.29 is 32.3 Å². The Hall–Kier alpha value is -2.04. The fourth-order valence-corrected chi connectivity index (χ4v) is 4.57. The zero-order valence-corrected chi connectivity index (χ0v) is 17.5. The third-order valence-electron chi connectivity index (χ3n) is 3.68. The fraction of sp³-hybridized carbons (Fsp3) is 0.353. The van der Waals surface area contributed by atoms with Crippen molar-refractivity contribution >= 4 is 51.0 Å². The molecule has 152 valence electrons. The highest BCUT2D eigenvalue weighted by atomic mass is 35.5. The molecule has 0 radical (unpaired) electrons. The molecule has 1 amide bonds. The lowest BCUT2D eigenvalue weighted by atomic mass is 10.2. The standard InChI is InChI=1S/C17H18ClNO7S2/c1-25-16(21)9-15-19(14(20)10-27-15)6-3-7-26-17(22)11-4-5-12(18)13(8-11)28(2,23)24/h4-5,8-9H,3,6-7,10H2,1-2H3/b15-9+. The van der Waals surface area contributed by atoms with Gasteiger partial charge in [0.25, 0.3) is 0 Å². The van der Waals surface area contributed by atoms with E-state index in [-0.39, 0.29) is 40.3 Å². The lowest BCUT2D eigenvalue weighted by Crippen LogP contribution is -2.27. The molecule has 0 atom stereocenters. The molecule has 1 aromatic carbocycles. The molecule has 28 heavy (non-hydrogen) atoms. The summed E-state index contributed by atoms with van der Waals surface area (Å²) in [6.45, 7) is 0.271. The molecule has 0 aliphatic carbocycles. The minimum absolute atomic E-state index is 0.00954. The van der Waals surface area contributed by atoms with Crippen molar-refractivity contribution in [1.29, 1.82) is 0 Å². The third-order valence-corrected chi connectivity index (χ3v) is 6.28. The van der Waals surface area contributed by atoms with Crippen molar-refractivity contribution in [3.8, 4) is 0 Å². The van der Waals surface area contributed by atoms with Crippen molar-refractivity contribution in [2.45, 2.75) is 11.3 Å². The van der Waals surface area contributed by atoms with Gasteiger partial charge in [-0.25, -0.2) is 18.0 Å². The predicted molar refractivity (Wildman–Crippen MR) is 104 cm³/mol. The highest BCUT2D eigenvalue weighted by molar-refractivity contribution is 8.04. The second-order valence-electron chi connectivity index (χ2n) is 5.75. The highest BCUT2D eigenvalue weighted by Crippen LogP contribution is 2.29. The summed E-state index contributed by atoms with van der Waals surface area (Å²) in [5.74, 6) is -1.18. The quantitative estimate of drug-likeness (QED) is 0.354. The number of sulfone groups is 1. The van der Waals surface area contributed by atoms with E-state index in [1.54, 1.807) is 0 Å². The summed E-state index contributed by atoms with van der Waals surface area (Å²) < 4.78 is 33.1. The number of nitrogens with zero attached hydrogens (tertiary/aromatic N) is 1. The van der Waals surface area contributed by atoms with Gasteiger partial charge in [-0.15, -0.1) is 0 Å². The Balaban J connectivity index is 1.93. The molecule has 0 unspecified atom stereocenters. The number of carbonyl (C=O) groups excluding carboxylic acids is 3. The van der Waals surface area contributed by atoms with Crippen LogP contribution in [0.25, 0.3) is 0 Å². The van der Waals surface area contributed by atoms with E-state index in [2.05, 4.69) is 4.74 Å². The molecule has 0 aromatic heterocycles. The van der Waals surface area contributed by atoms with Crippen LogP contribution in [0.15, 0.2) is 34.2 Å². The molecular weight excluding hydrogens is 430 g/mol. The van der Waals surface area contributed by atoms with Gasteiger partial charge in [-0.2, -0.15) is 0 Å². The third kappa shape index (κ3) is 5.73. The van der Waals surface area contributed by atoms with Crippen LogP contribution in [0, 0.1) is 0 Å². The average molecular weight is 448 g/mol. The van der Waals surface area contributed by atoms with Crippen LogP contribution in [0.1, 0.15) is 16.8 Å².